The van der Waals surface area contributed by atoms with Gasteiger partial charge in [-0.2, -0.15) is 0 Å². The van der Waals surface area contributed by atoms with Crippen LogP contribution in [0.15, 0.2) is 16.9 Å². The van der Waals surface area contributed by atoms with Crippen LogP contribution in [0, 0.1) is 6.92 Å². The first-order valence-electron chi connectivity index (χ1n) is 5.46. The average Bonchev–Trinajstić information content (AvgIpc) is 2.52. The standard InChI is InChI=1S/C12H15N3O2/c1-6(2)15-9-5-7(3)4-8(11(13)16)10(9)14-12(15)17/h4-6H,1-3H3,(H2,13,16)(H,14,17). The molecule has 0 unspecified atom stereocenters. The number of primary amides is 1. The lowest BCUT2D eigenvalue weighted by Gasteiger charge is -2.08. The number of nitrogens with two attached hydrogens (primary N) is 1. The number of carbonyl (C=O) groups excluding carboxylic acids is 1. The van der Waals surface area contributed by atoms with Crippen molar-refractivity contribution in [1.82, 2.24) is 9.55 Å². The summed E-state index contributed by atoms with van der Waals surface area (Å²) in [5.74, 6) is -0.532. The van der Waals surface area contributed by atoms with Crippen molar-refractivity contribution >= 4 is 16.9 Å². The fourth-order valence-electron chi connectivity index (χ4n) is 2.07. The number of fused-ring (bicyclic) bond motifs is 1. The highest BCUT2D eigenvalue weighted by Crippen LogP contribution is 2.20. The second kappa shape index (κ2) is 3.76. The summed E-state index contributed by atoms with van der Waals surface area (Å²) in [6.07, 6.45) is 0. The van der Waals surface area contributed by atoms with E-state index in [0.29, 0.717) is 11.1 Å². The van der Waals surface area contributed by atoms with E-state index in [-0.39, 0.29) is 11.7 Å². The SMILES string of the molecule is Cc1cc(C(N)=O)c2[nH]c(=O)n(C(C)C)c2c1. The van der Waals surface area contributed by atoms with Crippen LogP contribution in [0.25, 0.3) is 11.0 Å². The highest BCUT2D eigenvalue weighted by atomic mass is 16.1. The van der Waals surface area contributed by atoms with Gasteiger partial charge in [0.15, 0.2) is 0 Å². The summed E-state index contributed by atoms with van der Waals surface area (Å²) in [5, 5.41) is 0. The largest absolute Gasteiger partial charge is 0.366 e. The summed E-state index contributed by atoms with van der Waals surface area (Å²) in [6, 6.07) is 3.59. The summed E-state index contributed by atoms with van der Waals surface area (Å²) in [4.78, 5) is 25.9. The lowest BCUT2D eigenvalue weighted by molar-refractivity contribution is 0.100. The van der Waals surface area contributed by atoms with E-state index >= 15 is 0 Å². The number of rotatable bonds is 2. The monoisotopic (exact) mass is 233 g/mol. The maximum Gasteiger partial charge on any atom is 0.326 e. The Morgan fingerprint density at radius 3 is 2.59 bits per heavy atom. The molecule has 0 radical (unpaired) electrons. The Kier molecular flexibility index (Phi) is 2.53. The first-order chi connectivity index (χ1) is 7.91. The normalized spacial score (nSPS) is 11.3. The minimum absolute atomic E-state index is 0.0266. The molecule has 3 N–H and O–H groups in total. The lowest BCUT2D eigenvalue weighted by atomic mass is 10.1. The minimum atomic E-state index is -0.532. The first-order valence-corrected chi connectivity index (χ1v) is 5.46. The van der Waals surface area contributed by atoms with E-state index in [1.54, 1.807) is 10.6 Å². The van der Waals surface area contributed by atoms with E-state index in [1.165, 1.54) is 0 Å². The molecule has 5 heteroatoms. The fourth-order valence-corrected chi connectivity index (χ4v) is 2.07. The third-order valence-electron chi connectivity index (χ3n) is 2.75. The van der Waals surface area contributed by atoms with E-state index in [1.807, 2.05) is 26.8 Å². The molecule has 0 saturated carbocycles. The molecule has 0 aliphatic rings. The number of aromatic amines is 1. The van der Waals surface area contributed by atoms with Gasteiger partial charge in [-0.15, -0.1) is 0 Å². The van der Waals surface area contributed by atoms with Gasteiger partial charge in [0.1, 0.15) is 0 Å². The predicted molar refractivity (Wildman–Crippen MR) is 66.2 cm³/mol. The van der Waals surface area contributed by atoms with Crippen molar-refractivity contribution in [3.8, 4) is 0 Å². The number of amides is 1. The number of nitrogens with one attached hydrogen (secondary N) is 1. The zero-order valence-corrected chi connectivity index (χ0v) is 10.1. The summed E-state index contributed by atoms with van der Waals surface area (Å²) in [5.41, 5.74) is 7.59. The summed E-state index contributed by atoms with van der Waals surface area (Å²) < 4.78 is 1.62. The molecular weight excluding hydrogens is 218 g/mol. The van der Waals surface area contributed by atoms with E-state index in [0.717, 1.165) is 11.1 Å². The van der Waals surface area contributed by atoms with Crippen molar-refractivity contribution < 1.29 is 4.79 Å². The lowest BCUT2D eigenvalue weighted by Crippen LogP contribution is -2.18. The van der Waals surface area contributed by atoms with Gasteiger partial charge >= 0.3 is 5.69 Å². The topological polar surface area (TPSA) is 80.9 Å². The Morgan fingerprint density at radius 2 is 2.06 bits per heavy atom. The molecule has 1 aromatic carbocycles. The van der Waals surface area contributed by atoms with Gasteiger partial charge < -0.3 is 10.7 Å². The molecule has 1 aromatic heterocycles. The number of carbonyl (C=O) groups is 1. The van der Waals surface area contributed by atoms with Gasteiger partial charge in [0.25, 0.3) is 5.91 Å². The van der Waals surface area contributed by atoms with Gasteiger partial charge in [0.05, 0.1) is 16.6 Å². The molecule has 0 aliphatic carbocycles. The van der Waals surface area contributed by atoms with Crippen molar-refractivity contribution in [2.75, 3.05) is 0 Å². The molecule has 2 aromatic rings. The van der Waals surface area contributed by atoms with Gasteiger partial charge in [-0.25, -0.2) is 4.79 Å². The summed E-state index contributed by atoms with van der Waals surface area (Å²) in [6.45, 7) is 5.70. The van der Waals surface area contributed by atoms with Crippen LogP contribution in [0.3, 0.4) is 0 Å². The van der Waals surface area contributed by atoms with Crippen LogP contribution in [0.2, 0.25) is 0 Å². The van der Waals surface area contributed by atoms with E-state index in [2.05, 4.69) is 4.98 Å². The van der Waals surface area contributed by atoms with Crippen molar-refractivity contribution in [3.05, 3.63) is 33.7 Å². The number of hydrogen-bond acceptors (Lipinski definition) is 2. The fraction of sp³-hybridized carbons (Fsp3) is 0.333. The zero-order chi connectivity index (χ0) is 12.7. The van der Waals surface area contributed by atoms with Crippen LogP contribution in [0.4, 0.5) is 0 Å². The summed E-state index contributed by atoms with van der Waals surface area (Å²) >= 11 is 0. The predicted octanol–water partition coefficient (Wildman–Crippen LogP) is 1.32. The number of aromatic nitrogens is 2. The van der Waals surface area contributed by atoms with Crippen molar-refractivity contribution in [2.45, 2.75) is 26.8 Å². The van der Waals surface area contributed by atoms with Crippen LogP contribution < -0.4 is 11.4 Å². The Hall–Kier alpha value is -2.04. The highest BCUT2D eigenvalue weighted by Gasteiger charge is 2.15. The van der Waals surface area contributed by atoms with Gasteiger partial charge in [0.2, 0.25) is 0 Å². The van der Waals surface area contributed by atoms with E-state index in [4.69, 9.17) is 5.73 Å². The second-order valence-corrected chi connectivity index (χ2v) is 4.46. The smallest absolute Gasteiger partial charge is 0.326 e. The Labute approximate surface area is 98.2 Å². The van der Waals surface area contributed by atoms with Gasteiger partial charge in [-0.1, -0.05) is 0 Å². The van der Waals surface area contributed by atoms with E-state index < -0.39 is 5.91 Å². The van der Waals surface area contributed by atoms with Gasteiger partial charge in [-0.05, 0) is 38.5 Å². The molecule has 17 heavy (non-hydrogen) atoms. The maximum absolute atomic E-state index is 11.8. The molecule has 0 atom stereocenters. The number of hydrogen-bond donors (Lipinski definition) is 2. The molecular formula is C12H15N3O2. The number of aryl methyl sites for hydroxylation is 1. The molecule has 0 bridgehead atoms. The molecule has 90 valence electrons. The zero-order valence-electron chi connectivity index (χ0n) is 10.1. The minimum Gasteiger partial charge on any atom is -0.366 e. The molecule has 0 spiro atoms. The van der Waals surface area contributed by atoms with Gasteiger partial charge in [0, 0.05) is 6.04 Å². The quantitative estimate of drug-likeness (QED) is 0.820. The Balaban J connectivity index is 2.94. The van der Waals surface area contributed by atoms with Crippen LogP contribution in [0.5, 0.6) is 0 Å². The Morgan fingerprint density at radius 1 is 1.41 bits per heavy atom. The second-order valence-electron chi connectivity index (χ2n) is 4.46. The third kappa shape index (κ3) is 1.73. The molecule has 2 rings (SSSR count). The van der Waals surface area contributed by atoms with E-state index in [9.17, 15) is 9.59 Å². The average molecular weight is 233 g/mol. The maximum atomic E-state index is 11.8. The van der Waals surface area contributed by atoms with Crippen molar-refractivity contribution in [2.24, 2.45) is 5.73 Å². The third-order valence-corrected chi connectivity index (χ3v) is 2.75. The van der Waals surface area contributed by atoms with Crippen LogP contribution in [-0.2, 0) is 0 Å². The molecule has 0 aliphatic heterocycles. The molecule has 1 amide bonds. The molecule has 0 fully saturated rings. The number of imidazole rings is 1. The number of H-pyrrole nitrogens is 1. The molecule has 1 heterocycles. The first kappa shape index (κ1) is 11.4. The highest BCUT2D eigenvalue weighted by molar-refractivity contribution is 6.04. The van der Waals surface area contributed by atoms with Crippen LogP contribution in [-0.4, -0.2) is 15.5 Å². The Bertz CT molecular complexity index is 650. The molecule has 5 nitrogen and oxygen atoms in total. The van der Waals surface area contributed by atoms with Crippen LogP contribution in [0.1, 0.15) is 35.8 Å². The van der Waals surface area contributed by atoms with Crippen molar-refractivity contribution in [3.63, 3.8) is 0 Å². The van der Waals surface area contributed by atoms with Gasteiger partial charge in [-0.3, -0.25) is 9.36 Å². The van der Waals surface area contributed by atoms with Crippen LogP contribution >= 0.6 is 0 Å². The number of nitrogens with zero attached hydrogens (tertiary/aromatic N) is 1. The number of benzene rings is 1. The van der Waals surface area contributed by atoms with Crippen molar-refractivity contribution in [1.29, 1.82) is 0 Å². The molecule has 0 saturated heterocycles. The summed E-state index contributed by atoms with van der Waals surface area (Å²) in [7, 11) is 0.